The highest BCUT2D eigenvalue weighted by Gasteiger charge is 1.99. The second-order valence-electron chi connectivity index (χ2n) is 2.65. The molecule has 12 heavy (non-hydrogen) atoms. The number of hydrogen-bond acceptors (Lipinski definition) is 3. The fraction of sp³-hybridized carbons (Fsp3) is 0.889. The lowest BCUT2D eigenvalue weighted by Gasteiger charge is -2.03. The van der Waals surface area contributed by atoms with Crippen LogP contribution < -0.4 is 0 Å². The van der Waals surface area contributed by atoms with Crippen molar-refractivity contribution in [2.24, 2.45) is 0 Å². The molecule has 0 atom stereocenters. The molecule has 0 N–H and O–H groups in total. The van der Waals surface area contributed by atoms with Crippen LogP contribution in [0.25, 0.3) is 0 Å². The fourth-order valence-corrected chi connectivity index (χ4v) is 0.704. The van der Waals surface area contributed by atoms with Crippen LogP contribution in [-0.4, -0.2) is 19.4 Å². The maximum Gasteiger partial charge on any atom is 0.307 e. The number of unbranched alkanes of at least 4 members (excludes halogenated alkanes) is 1. The molecule has 0 radical (unpaired) electrons. The van der Waals surface area contributed by atoms with Gasteiger partial charge in [-0.25, -0.2) is 0 Å². The number of carbonyl (C=O) groups is 1. The molecule has 0 aromatic heterocycles. The lowest BCUT2D eigenvalue weighted by Crippen LogP contribution is -2.08. The summed E-state index contributed by atoms with van der Waals surface area (Å²) in [5.74, 6) is -0.159. The summed E-state index contributed by atoms with van der Waals surface area (Å²) < 4.78 is 9.78. The van der Waals surface area contributed by atoms with Gasteiger partial charge in [-0.3, -0.25) is 4.79 Å². The van der Waals surface area contributed by atoms with Crippen LogP contribution in [0.1, 0.15) is 39.5 Å². The minimum absolute atomic E-state index is 0.108. The van der Waals surface area contributed by atoms with E-state index in [0.717, 1.165) is 19.3 Å². The summed E-state index contributed by atoms with van der Waals surface area (Å²) in [6.45, 7) is 4.82. The molecule has 72 valence electrons. The van der Waals surface area contributed by atoms with E-state index in [1.807, 2.05) is 13.8 Å². The second kappa shape index (κ2) is 8.53. The first-order valence-corrected chi connectivity index (χ1v) is 4.54. The Hall–Kier alpha value is -0.570. The molecule has 0 amide bonds. The van der Waals surface area contributed by atoms with Crippen molar-refractivity contribution in [1.29, 1.82) is 0 Å². The average Bonchev–Trinajstić information content (AvgIpc) is 2.09. The van der Waals surface area contributed by atoms with E-state index >= 15 is 0 Å². The minimum atomic E-state index is -0.159. The molecule has 0 bridgehead atoms. The Morgan fingerprint density at radius 1 is 1.25 bits per heavy atom. The largest absolute Gasteiger partial charge is 0.438 e. The minimum Gasteiger partial charge on any atom is -0.438 e. The van der Waals surface area contributed by atoms with Crippen molar-refractivity contribution >= 4 is 5.97 Å². The number of esters is 1. The van der Waals surface area contributed by atoms with E-state index in [0.29, 0.717) is 13.0 Å². The van der Waals surface area contributed by atoms with Crippen molar-refractivity contribution in [2.45, 2.75) is 39.5 Å². The lowest BCUT2D eigenvalue weighted by atomic mass is 10.3. The predicted molar refractivity (Wildman–Crippen MR) is 46.7 cm³/mol. The fourth-order valence-electron chi connectivity index (χ4n) is 0.704. The van der Waals surface area contributed by atoms with Crippen LogP contribution in [0, 0.1) is 0 Å². The summed E-state index contributed by atoms with van der Waals surface area (Å²) in [6, 6.07) is 0. The number of hydrogen-bond donors (Lipinski definition) is 0. The summed E-state index contributed by atoms with van der Waals surface area (Å²) in [5, 5.41) is 0. The van der Waals surface area contributed by atoms with Crippen molar-refractivity contribution in [3.63, 3.8) is 0 Å². The van der Waals surface area contributed by atoms with E-state index in [1.54, 1.807) is 0 Å². The third-order valence-electron chi connectivity index (χ3n) is 1.39. The monoisotopic (exact) mass is 174 g/mol. The lowest BCUT2D eigenvalue weighted by molar-refractivity contribution is -0.156. The molecular formula is C9H18O3. The highest BCUT2D eigenvalue weighted by atomic mass is 16.7. The highest BCUT2D eigenvalue weighted by molar-refractivity contribution is 5.69. The molecule has 3 nitrogen and oxygen atoms in total. The molecule has 0 saturated carbocycles. The molecule has 0 heterocycles. The van der Waals surface area contributed by atoms with Crippen LogP contribution >= 0.6 is 0 Å². The molecule has 0 rings (SSSR count). The zero-order valence-corrected chi connectivity index (χ0v) is 7.97. The number of ether oxygens (including phenoxy) is 2. The molecule has 3 heteroatoms. The maximum absolute atomic E-state index is 10.9. The van der Waals surface area contributed by atoms with E-state index in [-0.39, 0.29) is 12.8 Å². The Labute approximate surface area is 74.0 Å². The predicted octanol–water partition coefficient (Wildman–Crippen LogP) is 2.10. The first kappa shape index (κ1) is 11.4. The van der Waals surface area contributed by atoms with Gasteiger partial charge in [-0.2, -0.15) is 0 Å². The molecule has 0 aromatic rings. The van der Waals surface area contributed by atoms with Crippen LogP contribution in [-0.2, 0) is 14.3 Å². The van der Waals surface area contributed by atoms with Crippen molar-refractivity contribution in [3.05, 3.63) is 0 Å². The van der Waals surface area contributed by atoms with Crippen molar-refractivity contribution in [3.8, 4) is 0 Å². The smallest absolute Gasteiger partial charge is 0.307 e. The Morgan fingerprint density at radius 2 is 2.00 bits per heavy atom. The molecule has 0 saturated heterocycles. The zero-order chi connectivity index (χ0) is 9.23. The first-order chi connectivity index (χ1) is 5.81. The van der Waals surface area contributed by atoms with Gasteiger partial charge >= 0.3 is 5.97 Å². The Kier molecular flexibility index (Phi) is 8.12. The van der Waals surface area contributed by atoms with Gasteiger partial charge in [0.1, 0.15) is 0 Å². The van der Waals surface area contributed by atoms with Crippen LogP contribution in [0.4, 0.5) is 0 Å². The van der Waals surface area contributed by atoms with E-state index < -0.39 is 0 Å². The normalized spacial score (nSPS) is 9.83. The van der Waals surface area contributed by atoms with Gasteiger partial charge in [-0.1, -0.05) is 20.3 Å². The molecule has 0 fully saturated rings. The Balaban J connectivity index is 3.08. The highest BCUT2D eigenvalue weighted by Crippen LogP contribution is 1.96. The summed E-state index contributed by atoms with van der Waals surface area (Å²) in [5.41, 5.74) is 0. The molecule has 0 aliphatic carbocycles. The summed E-state index contributed by atoms with van der Waals surface area (Å²) in [6.07, 6.45) is 3.37. The van der Waals surface area contributed by atoms with Crippen molar-refractivity contribution in [2.75, 3.05) is 13.4 Å². The molecular weight excluding hydrogens is 156 g/mol. The van der Waals surface area contributed by atoms with Gasteiger partial charge in [0.2, 0.25) is 0 Å². The van der Waals surface area contributed by atoms with Gasteiger partial charge in [0.25, 0.3) is 0 Å². The molecule has 0 aliphatic heterocycles. The van der Waals surface area contributed by atoms with Gasteiger partial charge in [0.05, 0.1) is 6.61 Å². The van der Waals surface area contributed by atoms with E-state index in [1.165, 1.54) is 0 Å². The Morgan fingerprint density at radius 3 is 2.58 bits per heavy atom. The van der Waals surface area contributed by atoms with Gasteiger partial charge in [0, 0.05) is 6.42 Å². The van der Waals surface area contributed by atoms with Gasteiger partial charge in [-0.15, -0.1) is 0 Å². The third-order valence-corrected chi connectivity index (χ3v) is 1.39. The second-order valence-corrected chi connectivity index (χ2v) is 2.65. The summed E-state index contributed by atoms with van der Waals surface area (Å²) >= 11 is 0. The van der Waals surface area contributed by atoms with E-state index in [9.17, 15) is 4.79 Å². The van der Waals surface area contributed by atoms with Crippen LogP contribution in [0.3, 0.4) is 0 Å². The van der Waals surface area contributed by atoms with E-state index in [2.05, 4.69) is 0 Å². The number of rotatable bonds is 7. The molecule has 0 unspecified atom stereocenters. The maximum atomic E-state index is 10.9. The van der Waals surface area contributed by atoms with Crippen molar-refractivity contribution in [1.82, 2.24) is 0 Å². The third kappa shape index (κ3) is 7.54. The van der Waals surface area contributed by atoms with Gasteiger partial charge in [0.15, 0.2) is 6.79 Å². The standard InChI is InChI=1S/C9H18O3/c1-3-5-6-9(10)12-8-11-7-4-2/h3-8H2,1-2H3. The van der Waals surface area contributed by atoms with Crippen LogP contribution in [0.15, 0.2) is 0 Å². The van der Waals surface area contributed by atoms with Gasteiger partial charge in [-0.05, 0) is 12.8 Å². The Bertz CT molecular complexity index is 112. The van der Waals surface area contributed by atoms with Crippen LogP contribution in [0.2, 0.25) is 0 Å². The van der Waals surface area contributed by atoms with Crippen molar-refractivity contribution < 1.29 is 14.3 Å². The molecule has 0 spiro atoms. The quantitative estimate of drug-likeness (QED) is 0.337. The average molecular weight is 174 g/mol. The number of carbonyl (C=O) groups excluding carboxylic acids is 1. The SMILES string of the molecule is CCCCC(=O)OCOCCC. The summed E-state index contributed by atoms with van der Waals surface area (Å²) in [7, 11) is 0. The van der Waals surface area contributed by atoms with Crippen LogP contribution in [0.5, 0.6) is 0 Å². The van der Waals surface area contributed by atoms with E-state index in [4.69, 9.17) is 9.47 Å². The first-order valence-electron chi connectivity index (χ1n) is 4.54. The molecule has 0 aliphatic rings. The molecule has 0 aromatic carbocycles. The zero-order valence-electron chi connectivity index (χ0n) is 7.97. The summed E-state index contributed by atoms with van der Waals surface area (Å²) in [4.78, 5) is 10.9. The topological polar surface area (TPSA) is 35.5 Å². The van der Waals surface area contributed by atoms with Gasteiger partial charge < -0.3 is 9.47 Å².